The monoisotopic (exact) mass is 640 g/mol. The van der Waals surface area contributed by atoms with E-state index in [4.69, 9.17) is 4.42 Å². The molecule has 4 aliphatic rings. The van der Waals surface area contributed by atoms with E-state index in [1.807, 2.05) is 122 Å². The van der Waals surface area contributed by atoms with Gasteiger partial charge in [-0.1, -0.05) is 50.9 Å². The van der Waals surface area contributed by atoms with Crippen LogP contribution in [0.3, 0.4) is 0 Å². The van der Waals surface area contributed by atoms with Gasteiger partial charge < -0.3 is 4.42 Å². The third-order valence-electron chi connectivity index (χ3n) is 6.44. The number of fused-ring (bicyclic) bond motifs is 1. The number of hydrogen-bond donors (Lipinski definition) is 0. The van der Waals surface area contributed by atoms with Gasteiger partial charge in [-0.2, -0.15) is 4.98 Å². The molecule has 0 bridgehead atoms. The molecule has 2 aromatic heterocycles. The quantitative estimate of drug-likeness (QED) is 0.179. The molecule has 4 fully saturated rings. The van der Waals surface area contributed by atoms with E-state index in [0.717, 1.165) is 35.6 Å². The number of rotatable bonds is 8. The fourth-order valence-electron chi connectivity index (χ4n) is 4.31. The van der Waals surface area contributed by atoms with Crippen LogP contribution in [0.5, 0.6) is 0 Å². The number of hydrogen-bond acceptors (Lipinski definition) is 3. The zero-order valence-electron chi connectivity index (χ0n) is 23.8. The molecule has 20 radical (unpaired) electrons. The van der Waals surface area contributed by atoms with Crippen LogP contribution in [-0.2, 0) is 40.7 Å². The number of furan rings is 1. The SMILES string of the molecule is CCCCCCCCn1cc2c(C#C[C]3[CH][CH][CH][CH]3)c([C]3[CH][CH][CH][CH]3)oc2nc1=O.[CH]1[CH][CH][CH][CH]1.[CH]1[CH][CH][CH][CH]1.[Fe+2].[Fe+2]. The van der Waals surface area contributed by atoms with E-state index in [9.17, 15) is 4.79 Å². The first-order valence-electron chi connectivity index (χ1n) is 14.1. The molecule has 0 saturated heterocycles. The predicted molar refractivity (Wildman–Crippen MR) is 162 cm³/mol. The molecule has 214 valence electrons. The van der Waals surface area contributed by atoms with Crippen molar-refractivity contribution in [2.24, 2.45) is 0 Å². The van der Waals surface area contributed by atoms with Crippen LogP contribution in [-0.4, -0.2) is 9.55 Å². The summed E-state index contributed by atoms with van der Waals surface area (Å²) in [5.41, 5.74) is 0.859. The Morgan fingerprint density at radius 1 is 0.690 bits per heavy atom. The minimum atomic E-state index is -0.269. The van der Waals surface area contributed by atoms with Gasteiger partial charge in [0, 0.05) is 18.7 Å². The van der Waals surface area contributed by atoms with Crippen molar-refractivity contribution in [2.75, 3.05) is 0 Å². The fraction of sp³-hybridized carbons (Fsp3) is 0.222. The molecular weight excluding hydrogens is 604 g/mol. The zero-order chi connectivity index (χ0) is 27.8. The molecule has 0 spiro atoms. The first-order chi connectivity index (χ1) is 19.8. The van der Waals surface area contributed by atoms with Gasteiger partial charge in [0.25, 0.3) is 0 Å². The van der Waals surface area contributed by atoms with Crippen molar-refractivity contribution in [2.45, 2.75) is 52.0 Å². The van der Waals surface area contributed by atoms with Crippen LogP contribution < -0.4 is 5.69 Å². The number of unbranched alkanes of at least 4 members (excludes halogenated alkanes) is 5. The molecule has 42 heavy (non-hydrogen) atoms. The van der Waals surface area contributed by atoms with Gasteiger partial charge >= 0.3 is 39.8 Å². The van der Waals surface area contributed by atoms with Crippen LogP contribution in [0.15, 0.2) is 15.4 Å². The Hall–Kier alpha value is -0.981. The van der Waals surface area contributed by atoms with Crippen molar-refractivity contribution in [1.82, 2.24) is 9.55 Å². The second-order valence-corrected chi connectivity index (χ2v) is 9.53. The molecule has 6 heteroatoms. The first kappa shape index (κ1) is 37.2. The van der Waals surface area contributed by atoms with Crippen LogP contribution in [0.4, 0.5) is 0 Å². The van der Waals surface area contributed by atoms with Crippen molar-refractivity contribution in [3.05, 3.63) is 155 Å². The van der Waals surface area contributed by atoms with Crippen LogP contribution >= 0.6 is 0 Å². The second-order valence-electron chi connectivity index (χ2n) is 9.53. The van der Waals surface area contributed by atoms with E-state index in [-0.39, 0.29) is 39.8 Å². The first-order valence-corrected chi connectivity index (χ1v) is 14.1. The van der Waals surface area contributed by atoms with Gasteiger partial charge in [0.2, 0.25) is 5.71 Å². The Bertz CT molecular complexity index is 1080. The van der Waals surface area contributed by atoms with E-state index in [1.54, 1.807) is 4.57 Å². The molecule has 6 rings (SSSR count). The summed E-state index contributed by atoms with van der Waals surface area (Å²) in [5.74, 6) is 9.02. The summed E-state index contributed by atoms with van der Waals surface area (Å²) in [6.07, 6.45) is 44.7. The summed E-state index contributed by atoms with van der Waals surface area (Å²) < 4.78 is 7.69. The maximum Gasteiger partial charge on any atom is 2.00 e. The van der Waals surface area contributed by atoms with Gasteiger partial charge in [0.05, 0.1) is 16.9 Å². The Morgan fingerprint density at radius 2 is 1.21 bits per heavy atom. The van der Waals surface area contributed by atoms with Gasteiger partial charge in [-0.3, -0.25) is 4.57 Å². The van der Waals surface area contributed by atoms with Crippen molar-refractivity contribution in [3.63, 3.8) is 0 Å². The van der Waals surface area contributed by atoms with Gasteiger partial charge in [0.15, 0.2) is 0 Å². The molecule has 4 aliphatic carbocycles. The molecular formula is C36H36Fe2N2O2+4. The molecule has 0 unspecified atom stereocenters. The summed E-state index contributed by atoms with van der Waals surface area (Å²) in [6, 6.07) is 0. The van der Waals surface area contributed by atoms with E-state index < -0.39 is 0 Å². The average molecular weight is 640 g/mol. The zero-order valence-corrected chi connectivity index (χ0v) is 26.0. The molecule has 4 nitrogen and oxygen atoms in total. The van der Waals surface area contributed by atoms with Crippen LogP contribution in [0.2, 0.25) is 0 Å². The predicted octanol–water partition coefficient (Wildman–Crippen LogP) is 6.90. The van der Waals surface area contributed by atoms with Crippen LogP contribution in [0, 0.1) is 139 Å². The molecule has 0 N–H and O–H groups in total. The van der Waals surface area contributed by atoms with Gasteiger partial charge in [-0.15, -0.1) is 0 Å². The maximum absolute atomic E-state index is 12.5. The number of aromatic nitrogens is 2. The molecule has 2 aromatic rings. The van der Waals surface area contributed by atoms with E-state index in [2.05, 4.69) is 23.7 Å². The van der Waals surface area contributed by atoms with E-state index in [0.29, 0.717) is 18.0 Å². The topological polar surface area (TPSA) is 48.0 Å². The van der Waals surface area contributed by atoms with Gasteiger partial charge in [-0.25, -0.2) is 4.79 Å². The third kappa shape index (κ3) is 12.2. The Morgan fingerprint density at radius 3 is 1.79 bits per heavy atom. The van der Waals surface area contributed by atoms with Crippen LogP contribution in [0.1, 0.15) is 56.8 Å². The fourth-order valence-corrected chi connectivity index (χ4v) is 4.31. The maximum atomic E-state index is 12.5. The standard InChI is InChI=1S/C26H26N2O2.2C5H5.2Fe/c1-2-3-4-5-6-11-18-28-19-23-22(17-16-20-12-7-8-13-20)24(21-14-9-10-15-21)30-25(23)27-26(28)29;2*1-2-4-5-3-1;;/h7-10,12-15,19H,2-6,11,18H2,1H3;2*1-5H;;/q;;;2*+2. The largest absolute Gasteiger partial charge is 2.00 e. The van der Waals surface area contributed by atoms with Crippen molar-refractivity contribution < 1.29 is 38.6 Å². The van der Waals surface area contributed by atoms with E-state index >= 15 is 0 Å². The van der Waals surface area contributed by atoms with Crippen molar-refractivity contribution in [1.29, 1.82) is 0 Å². The summed E-state index contributed by atoms with van der Waals surface area (Å²) in [4.78, 5) is 16.7. The minimum Gasteiger partial charge on any atom is -0.441 e. The van der Waals surface area contributed by atoms with Crippen molar-refractivity contribution >= 4 is 11.1 Å². The third-order valence-corrected chi connectivity index (χ3v) is 6.44. The summed E-state index contributed by atoms with van der Waals surface area (Å²) in [7, 11) is 0. The molecule has 0 amide bonds. The summed E-state index contributed by atoms with van der Waals surface area (Å²) in [5, 5.41) is 0.788. The van der Waals surface area contributed by atoms with Gasteiger partial charge in [0.1, 0.15) is 5.76 Å². The molecule has 0 aliphatic heterocycles. The Balaban J connectivity index is 0.000000433. The smallest absolute Gasteiger partial charge is 0.441 e. The number of nitrogens with zero attached hydrogens (tertiary/aromatic N) is 2. The molecule has 2 heterocycles. The Kier molecular flexibility index (Phi) is 19.2. The minimum absolute atomic E-state index is 0. The average Bonchev–Trinajstić information content (AvgIpc) is 3.82. The summed E-state index contributed by atoms with van der Waals surface area (Å²) in [6.45, 7) is 2.88. The molecule has 4 saturated carbocycles. The Labute approximate surface area is 277 Å². The second kappa shape index (κ2) is 21.7. The normalized spacial score (nSPS) is 18.3. The molecule has 0 atom stereocenters. The van der Waals surface area contributed by atoms with Crippen LogP contribution in [0.25, 0.3) is 11.1 Å². The number of aryl methyl sites for hydroxylation is 1. The summed E-state index contributed by atoms with van der Waals surface area (Å²) >= 11 is 0. The van der Waals surface area contributed by atoms with Gasteiger partial charge in [-0.05, 0) is 122 Å². The molecule has 0 aromatic carbocycles. The van der Waals surface area contributed by atoms with Crippen molar-refractivity contribution in [3.8, 4) is 11.8 Å². The van der Waals surface area contributed by atoms with E-state index in [1.165, 1.54) is 25.7 Å².